The van der Waals surface area contributed by atoms with Crippen LogP contribution in [-0.2, 0) is 17.9 Å². The first kappa shape index (κ1) is 23.4. The first-order valence-corrected chi connectivity index (χ1v) is 12.9. The lowest BCUT2D eigenvalue weighted by molar-refractivity contribution is -0.129. The van der Waals surface area contributed by atoms with Crippen molar-refractivity contribution in [3.05, 3.63) is 90.5 Å². The number of halogens is 1. The predicted octanol–water partition coefficient (Wildman–Crippen LogP) is 5.79. The third kappa shape index (κ3) is 5.85. The van der Waals surface area contributed by atoms with Gasteiger partial charge in [-0.25, -0.2) is 9.37 Å². The Bertz CT molecular complexity index is 1270. The fraction of sp³-hybridized carbons (Fsp3) is 0.286. The van der Waals surface area contributed by atoms with Crippen molar-refractivity contribution < 1.29 is 13.9 Å². The lowest BCUT2D eigenvalue weighted by atomic mass is 9.96. The second kappa shape index (κ2) is 11.0. The number of carbonyl (C=O) groups is 1. The Morgan fingerprint density at radius 2 is 1.69 bits per heavy atom. The summed E-state index contributed by atoms with van der Waals surface area (Å²) >= 11 is 1.46. The highest BCUT2D eigenvalue weighted by molar-refractivity contribution is 8.00. The van der Waals surface area contributed by atoms with E-state index in [2.05, 4.69) is 10.6 Å². The number of thioether (sulfide) groups is 1. The first-order valence-electron chi connectivity index (χ1n) is 11.9. The molecule has 3 aromatic carbocycles. The van der Waals surface area contributed by atoms with E-state index in [-0.39, 0.29) is 11.7 Å². The van der Waals surface area contributed by atoms with Gasteiger partial charge in [0.2, 0.25) is 5.91 Å². The second-order valence-corrected chi connectivity index (χ2v) is 9.84. The fourth-order valence-electron chi connectivity index (χ4n) is 4.49. The molecular weight excluding hydrogens is 461 g/mol. The van der Waals surface area contributed by atoms with Crippen LogP contribution in [-0.4, -0.2) is 39.2 Å². The number of likely N-dealkylation sites (tertiary alicyclic amines) is 1. The van der Waals surface area contributed by atoms with Gasteiger partial charge in [-0.3, -0.25) is 4.79 Å². The molecule has 0 unspecified atom stereocenters. The average molecular weight is 490 g/mol. The largest absolute Gasteiger partial charge is 0.486 e. The maximum atomic E-state index is 13.1. The number of hydrogen-bond acceptors (Lipinski definition) is 4. The van der Waals surface area contributed by atoms with Crippen LogP contribution in [0.15, 0.2) is 83.8 Å². The Hall–Kier alpha value is -3.32. The number of nitrogens with zero attached hydrogens (tertiary/aromatic N) is 3. The molecule has 0 atom stereocenters. The maximum absolute atomic E-state index is 13.1. The van der Waals surface area contributed by atoms with Gasteiger partial charge in [0.05, 0.1) is 16.8 Å². The van der Waals surface area contributed by atoms with Crippen LogP contribution < -0.4 is 4.74 Å². The van der Waals surface area contributed by atoms with E-state index >= 15 is 0 Å². The summed E-state index contributed by atoms with van der Waals surface area (Å²) in [6.07, 6.45) is 1.91. The molecule has 0 bridgehead atoms. The number of hydrogen-bond donors (Lipinski definition) is 0. The molecule has 5 nitrogen and oxygen atoms in total. The zero-order valence-electron chi connectivity index (χ0n) is 19.5. The molecule has 2 heterocycles. The van der Waals surface area contributed by atoms with E-state index in [0.29, 0.717) is 18.3 Å². The van der Waals surface area contributed by atoms with Crippen LogP contribution in [0.1, 0.15) is 18.7 Å². The zero-order valence-corrected chi connectivity index (χ0v) is 20.3. The molecule has 1 aliphatic rings. The van der Waals surface area contributed by atoms with Crippen LogP contribution in [0.5, 0.6) is 5.75 Å². The Morgan fingerprint density at radius 3 is 2.46 bits per heavy atom. The van der Waals surface area contributed by atoms with Crippen molar-refractivity contribution in [3.8, 4) is 5.75 Å². The van der Waals surface area contributed by atoms with E-state index < -0.39 is 0 Å². The molecule has 5 rings (SSSR count). The summed E-state index contributed by atoms with van der Waals surface area (Å²) in [4.78, 5) is 20.4. The summed E-state index contributed by atoms with van der Waals surface area (Å²) in [6, 6.07) is 24.3. The SMILES string of the molecule is O=C(CSc1ccc(F)cc1)N1CCC(Cn2c(COc3ccccc3)nc3ccccc32)CC1. The number of rotatable bonds is 8. The molecule has 1 fully saturated rings. The predicted molar refractivity (Wildman–Crippen MR) is 137 cm³/mol. The highest BCUT2D eigenvalue weighted by atomic mass is 32.2. The molecule has 0 spiro atoms. The number of imidazole rings is 1. The van der Waals surface area contributed by atoms with Gasteiger partial charge in [-0.1, -0.05) is 30.3 Å². The normalized spacial score (nSPS) is 14.4. The summed E-state index contributed by atoms with van der Waals surface area (Å²) in [5.41, 5.74) is 2.10. The number of carbonyl (C=O) groups excluding carboxylic acids is 1. The van der Waals surface area contributed by atoms with Crippen molar-refractivity contribution in [2.45, 2.75) is 30.9 Å². The molecule has 1 aromatic heterocycles. The quantitative estimate of drug-likeness (QED) is 0.294. The maximum Gasteiger partial charge on any atom is 0.232 e. The Kier molecular flexibility index (Phi) is 7.33. The van der Waals surface area contributed by atoms with Gasteiger partial charge < -0.3 is 14.2 Å². The molecule has 1 saturated heterocycles. The average Bonchev–Trinajstić information content (AvgIpc) is 3.25. The minimum atomic E-state index is -0.261. The monoisotopic (exact) mass is 489 g/mol. The highest BCUT2D eigenvalue weighted by Crippen LogP contribution is 2.26. The van der Waals surface area contributed by atoms with Crippen LogP contribution in [0, 0.1) is 11.7 Å². The molecule has 0 radical (unpaired) electrons. The Balaban J connectivity index is 1.19. The minimum Gasteiger partial charge on any atom is -0.486 e. The highest BCUT2D eigenvalue weighted by Gasteiger charge is 2.24. The van der Waals surface area contributed by atoms with Gasteiger partial charge in [0, 0.05) is 24.5 Å². The Labute approximate surface area is 208 Å². The second-order valence-electron chi connectivity index (χ2n) is 8.80. The van der Waals surface area contributed by atoms with Gasteiger partial charge in [-0.05, 0) is 67.3 Å². The van der Waals surface area contributed by atoms with Gasteiger partial charge >= 0.3 is 0 Å². The van der Waals surface area contributed by atoms with Gasteiger partial charge in [-0.15, -0.1) is 11.8 Å². The molecule has 1 aliphatic heterocycles. The number of aromatic nitrogens is 2. The van der Waals surface area contributed by atoms with Crippen LogP contribution >= 0.6 is 11.8 Å². The molecule has 180 valence electrons. The number of para-hydroxylation sites is 3. The summed E-state index contributed by atoms with van der Waals surface area (Å²) in [5.74, 6) is 2.48. The fourth-order valence-corrected chi connectivity index (χ4v) is 5.30. The molecular formula is C28H28FN3O2S. The van der Waals surface area contributed by atoms with Crippen LogP contribution in [0.2, 0.25) is 0 Å². The number of amides is 1. The van der Waals surface area contributed by atoms with E-state index in [9.17, 15) is 9.18 Å². The van der Waals surface area contributed by atoms with Crippen LogP contribution in [0.25, 0.3) is 11.0 Å². The first-order chi connectivity index (χ1) is 17.2. The van der Waals surface area contributed by atoms with Crippen molar-refractivity contribution in [3.63, 3.8) is 0 Å². The van der Waals surface area contributed by atoms with E-state index in [0.717, 1.165) is 60.0 Å². The number of benzene rings is 3. The lowest BCUT2D eigenvalue weighted by Crippen LogP contribution is -2.40. The number of ether oxygens (including phenoxy) is 1. The van der Waals surface area contributed by atoms with Gasteiger partial charge in [-0.2, -0.15) is 0 Å². The van der Waals surface area contributed by atoms with Gasteiger partial charge in [0.1, 0.15) is 24.0 Å². The third-order valence-corrected chi connectivity index (χ3v) is 7.43. The van der Waals surface area contributed by atoms with Crippen molar-refractivity contribution in [2.75, 3.05) is 18.8 Å². The van der Waals surface area contributed by atoms with Crippen LogP contribution in [0.3, 0.4) is 0 Å². The zero-order chi connectivity index (χ0) is 24.0. The topological polar surface area (TPSA) is 47.4 Å². The molecule has 0 N–H and O–H groups in total. The van der Waals surface area contributed by atoms with E-state index in [4.69, 9.17) is 9.72 Å². The summed E-state index contributed by atoms with van der Waals surface area (Å²) in [5, 5.41) is 0. The lowest BCUT2D eigenvalue weighted by Gasteiger charge is -2.32. The number of fused-ring (bicyclic) bond motifs is 1. The van der Waals surface area contributed by atoms with Crippen molar-refractivity contribution in [1.82, 2.24) is 14.5 Å². The third-order valence-electron chi connectivity index (χ3n) is 6.43. The van der Waals surface area contributed by atoms with E-state index in [1.54, 1.807) is 12.1 Å². The van der Waals surface area contributed by atoms with Crippen molar-refractivity contribution in [2.24, 2.45) is 5.92 Å². The smallest absolute Gasteiger partial charge is 0.232 e. The Morgan fingerprint density at radius 1 is 0.971 bits per heavy atom. The molecule has 0 saturated carbocycles. The number of piperidine rings is 1. The molecule has 1 amide bonds. The standard InChI is InChI=1S/C28H28FN3O2S/c29-22-10-12-24(13-11-22)35-20-28(33)31-16-14-21(15-17-31)18-32-26-9-5-4-8-25(26)30-27(32)19-34-23-6-2-1-3-7-23/h1-13,21H,14-20H2. The molecule has 35 heavy (non-hydrogen) atoms. The van der Waals surface area contributed by atoms with E-state index in [1.165, 1.54) is 23.9 Å². The van der Waals surface area contributed by atoms with Crippen LogP contribution in [0.4, 0.5) is 4.39 Å². The minimum absolute atomic E-state index is 0.141. The van der Waals surface area contributed by atoms with Gasteiger partial charge in [0.25, 0.3) is 0 Å². The van der Waals surface area contributed by atoms with Crippen molar-refractivity contribution >= 4 is 28.7 Å². The van der Waals surface area contributed by atoms with E-state index in [1.807, 2.05) is 53.4 Å². The summed E-state index contributed by atoms with van der Waals surface area (Å²) < 4.78 is 21.4. The van der Waals surface area contributed by atoms with Crippen molar-refractivity contribution in [1.29, 1.82) is 0 Å². The molecule has 7 heteroatoms. The summed E-state index contributed by atoms with van der Waals surface area (Å²) in [7, 11) is 0. The summed E-state index contributed by atoms with van der Waals surface area (Å²) in [6.45, 7) is 2.79. The van der Waals surface area contributed by atoms with Gasteiger partial charge in [0.15, 0.2) is 0 Å². The molecule has 0 aliphatic carbocycles. The molecule has 4 aromatic rings.